The summed E-state index contributed by atoms with van der Waals surface area (Å²) in [6.07, 6.45) is 0. The second kappa shape index (κ2) is 8.70. The van der Waals surface area contributed by atoms with E-state index in [2.05, 4.69) is 5.32 Å². The molecule has 26 heavy (non-hydrogen) atoms. The van der Waals surface area contributed by atoms with E-state index in [1.165, 1.54) is 41.3 Å². The monoisotopic (exact) mass is 359 g/mol. The first-order valence-electron chi connectivity index (χ1n) is 7.95. The van der Waals surface area contributed by atoms with Gasteiger partial charge in [0.1, 0.15) is 5.82 Å². The van der Waals surface area contributed by atoms with E-state index in [4.69, 9.17) is 0 Å². The summed E-state index contributed by atoms with van der Waals surface area (Å²) in [5.41, 5.74) is 0.688. The van der Waals surface area contributed by atoms with Crippen LogP contribution in [0.4, 0.5) is 10.1 Å². The standard InChI is InChI=1S/C18H18FN3O4/c1-2-21(18(24)14-4-3-5-16(10-14)22(25)26)12-17(23)20-11-13-6-8-15(19)9-7-13/h3-10H,2,11-12H2,1H3,(H,20,23). The van der Waals surface area contributed by atoms with Crippen molar-refractivity contribution in [2.45, 2.75) is 13.5 Å². The molecular formula is C18H18FN3O4. The molecule has 8 heteroatoms. The summed E-state index contributed by atoms with van der Waals surface area (Å²) in [4.78, 5) is 36.1. The molecule has 0 unspecified atom stereocenters. The number of carbonyl (C=O) groups is 2. The van der Waals surface area contributed by atoms with Gasteiger partial charge >= 0.3 is 0 Å². The van der Waals surface area contributed by atoms with Crippen LogP contribution >= 0.6 is 0 Å². The van der Waals surface area contributed by atoms with Crippen LogP contribution in [0.5, 0.6) is 0 Å². The summed E-state index contributed by atoms with van der Waals surface area (Å²) in [6, 6.07) is 11.1. The summed E-state index contributed by atoms with van der Waals surface area (Å²) in [7, 11) is 0. The molecule has 0 heterocycles. The minimum atomic E-state index is -0.581. The Bertz CT molecular complexity index is 808. The quantitative estimate of drug-likeness (QED) is 0.607. The molecule has 0 aromatic heterocycles. The second-order valence-electron chi connectivity index (χ2n) is 5.53. The molecule has 0 saturated carbocycles. The van der Waals surface area contributed by atoms with Crippen LogP contribution in [0.25, 0.3) is 0 Å². The predicted octanol–water partition coefficient (Wildman–Crippen LogP) is 2.51. The molecule has 2 aromatic carbocycles. The van der Waals surface area contributed by atoms with Gasteiger partial charge in [-0.1, -0.05) is 18.2 Å². The van der Waals surface area contributed by atoms with Crippen molar-refractivity contribution in [1.29, 1.82) is 0 Å². The number of carbonyl (C=O) groups excluding carboxylic acids is 2. The molecule has 0 fully saturated rings. The van der Waals surface area contributed by atoms with Gasteiger partial charge < -0.3 is 10.2 Å². The maximum Gasteiger partial charge on any atom is 0.270 e. The smallest absolute Gasteiger partial charge is 0.270 e. The van der Waals surface area contributed by atoms with Gasteiger partial charge in [-0.15, -0.1) is 0 Å². The lowest BCUT2D eigenvalue weighted by Gasteiger charge is -2.20. The summed E-state index contributed by atoms with van der Waals surface area (Å²) < 4.78 is 12.9. The van der Waals surface area contributed by atoms with E-state index in [0.717, 1.165) is 5.56 Å². The van der Waals surface area contributed by atoms with Crippen molar-refractivity contribution in [2.75, 3.05) is 13.1 Å². The highest BCUT2D eigenvalue weighted by atomic mass is 19.1. The van der Waals surface area contributed by atoms with E-state index < -0.39 is 10.8 Å². The number of nitrogens with one attached hydrogen (secondary N) is 1. The highest BCUT2D eigenvalue weighted by Gasteiger charge is 2.19. The summed E-state index contributed by atoms with van der Waals surface area (Å²) in [5, 5.41) is 13.5. The van der Waals surface area contributed by atoms with Gasteiger partial charge in [0, 0.05) is 30.8 Å². The van der Waals surface area contributed by atoms with Crippen LogP contribution in [0.1, 0.15) is 22.8 Å². The average molecular weight is 359 g/mol. The lowest BCUT2D eigenvalue weighted by Crippen LogP contribution is -2.40. The first-order valence-corrected chi connectivity index (χ1v) is 7.95. The van der Waals surface area contributed by atoms with Crippen LogP contribution < -0.4 is 5.32 Å². The van der Waals surface area contributed by atoms with Crippen molar-refractivity contribution < 1.29 is 18.9 Å². The summed E-state index contributed by atoms with van der Waals surface area (Å²) in [5.74, 6) is -1.21. The Kier molecular flexibility index (Phi) is 6.37. The van der Waals surface area contributed by atoms with Crippen LogP contribution in [-0.4, -0.2) is 34.7 Å². The molecule has 0 aliphatic carbocycles. The van der Waals surface area contributed by atoms with Gasteiger partial charge in [0.05, 0.1) is 11.5 Å². The zero-order chi connectivity index (χ0) is 19.1. The number of halogens is 1. The van der Waals surface area contributed by atoms with E-state index >= 15 is 0 Å². The van der Waals surface area contributed by atoms with E-state index in [0.29, 0.717) is 0 Å². The van der Waals surface area contributed by atoms with Gasteiger partial charge in [-0.05, 0) is 30.7 Å². The van der Waals surface area contributed by atoms with E-state index in [1.807, 2.05) is 0 Å². The molecule has 0 atom stereocenters. The first kappa shape index (κ1) is 19.0. The predicted molar refractivity (Wildman–Crippen MR) is 92.9 cm³/mol. The van der Waals surface area contributed by atoms with Crippen molar-refractivity contribution in [2.24, 2.45) is 0 Å². The Balaban J connectivity index is 1.98. The number of likely N-dealkylation sites (N-methyl/N-ethyl adjacent to an activating group) is 1. The van der Waals surface area contributed by atoms with Crippen molar-refractivity contribution in [3.63, 3.8) is 0 Å². The number of amides is 2. The van der Waals surface area contributed by atoms with Crippen LogP contribution in [0.3, 0.4) is 0 Å². The zero-order valence-corrected chi connectivity index (χ0v) is 14.1. The van der Waals surface area contributed by atoms with Gasteiger partial charge in [-0.25, -0.2) is 4.39 Å². The fraction of sp³-hybridized carbons (Fsp3) is 0.222. The average Bonchev–Trinajstić information content (AvgIpc) is 2.65. The number of benzene rings is 2. The second-order valence-corrected chi connectivity index (χ2v) is 5.53. The third kappa shape index (κ3) is 5.10. The molecule has 136 valence electrons. The molecule has 1 N–H and O–H groups in total. The lowest BCUT2D eigenvalue weighted by molar-refractivity contribution is -0.384. The Morgan fingerprint density at radius 1 is 1.19 bits per heavy atom. The van der Waals surface area contributed by atoms with Crippen LogP contribution in [0.2, 0.25) is 0 Å². The minimum absolute atomic E-state index is 0.146. The molecule has 0 spiro atoms. The van der Waals surface area contributed by atoms with Crippen molar-refractivity contribution in [3.8, 4) is 0 Å². The topological polar surface area (TPSA) is 92.6 Å². The van der Waals surface area contributed by atoms with Gasteiger partial charge in [0.25, 0.3) is 11.6 Å². The molecule has 0 saturated heterocycles. The van der Waals surface area contributed by atoms with Gasteiger partial charge in [-0.3, -0.25) is 19.7 Å². The number of rotatable bonds is 7. The fourth-order valence-corrected chi connectivity index (χ4v) is 2.29. The summed E-state index contributed by atoms with van der Waals surface area (Å²) in [6.45, 7) is 2.01. The van der Waals surface area contributed by atoms with Gasteiger partial charge in [-0.2, -0.15) is 0 Å². The van der Waals surface area contributed by atoms with Crippen molar-refractivity contribution in [3.05, 3.63) is 75.6 Å². The Hall–Kier alpha value is -3.29. The van der Waals surface area contributed by atoms with E-state index in [9.17, 15) is 24.1 Å². The molecule has 2 rings (SSSR count). The van der Waals surface area contributed by atoms with Gasteiger partial charge in [0.2, 0.25) is 5.91 Å². The number of hydrogen-bond acceptors (Lipinski definition) is 4. The maximum atomic E-state index is 12.9. The highest BCUT2D eigenvalue weighted by molar-refractivity contribution is 5.97. The molecule has 0 bridgehead atoms. The maximum absolute atomic E-state index is 12.9. The number of hydrogen-bond donors (Lipinski definition) is 1. The Morgan fingerprint density at radius 3 is 2.50 bits per heavy atom. The zero-order valence-electron chi connectivity index (χ0n) is 14.1. The molecular weight excluding hydrogens is 341 g/mol. The van der Waals surface area contributed by atoms with Crippen molar-refractivity contribution in [1.82, 2.24) is 10.2 Å². The van der Waals surface area contributed by atoms with Crippen LogP contribution in [0, 0.1) is 15.9 Å². The number of nitrogens with zero attached hydrogens (tertiary/aromatic N) is 2. The number of nitro benzene ring substituents is 1. The molecule has 7 nitrogen and oxygen atoms in total. The number of non-ortho nitro benzene ring substituents is 1. The van der Waals surface area contributed by atoms with Crippen molar-refractivity contribution >= 4 is 17.5 Å². The van der Waals surface area contributed by atoms with Crippen LogP contribution in [-0.2, 0) is 11.3 Å². The molecule has 2 aromatic rings. The van der Waals surface area contributed by atoms with E-state index in [-0.39, 0.29) is 42.6 Å². The molecule has 0 radical (unpaired) electrons. The van der Waals surface area contributed by atoms with E-state index in [1.54, 1.807) is 19.1 Å². The highest BCUT2D eigenvalue weighted by Crippen LogP contribution is 2.14. The molecule has 0 aliphatic rings. The lowest BCUT2D eigenvalue weighted by atomic mass is 10.1. The third-order valence-electron chi connectivity index (χ3n) is 3.71. The summed E-state index contributed by atoms with van der Waals surface area (Å²) >= 11 is 0. The van der Waals surface area contributed by atoms with Gasteiger partial charge in [0.15, 0.2) is 0 Å². The Labute approximate surface area is 149 Å². The number of nitro groups is 1. The Morgan fingerprint density at radius 2 is 1.88 bits per heavy atom. The SMILES string of the molecule is CCN(CC(=O)NCc1ccc(F)cc1)C(=O)c1cccc([N+](=O)[O-])c1. The first-order chi connectivity index (χ1) is 12.4. The minimum Gasteiger partial charge on any atom is -0.350 e. The normalized spacial score (nSPS) is 10.2. The molecule has 2 amide bonds. The fourth-order valence-electron chi connectivity index (χ4n) is 2.29. The third-order valence-corrected chi connectivity index (χ3v) is 3.71. The van der Waals surface area contributed by atoms with Crippen LogP contribution in [0.15, 0.2) is 48.5 Å². The largest absolute Gasteiger partial charge is 0.350 e. The molecule has 0 aliphatic heterocycles.